The average Bonchev–Trinajstić information content (AvgIpc) is 2.23. The van der Waals surface area contributed by atoms with Gasteiger partial charge in [-0.2, -0.15) is 0 Å². The molecule has 0 aromatic rings. The zero-order chi connectivity index (χ0) is 11.6. The van der Waals surface area contributed by atoms with Crippen molar-refractivity contribution in [3.8, 4) is 0 Å². The minimum atomic E-state index is 0.0510. The van der Waals surface area contributed by atoms with Crippen molar-refractivity contribution in [1.29, 1.82) is 0 Å². The summed E-state index contributed by atoms with van der Waals surface area (Å²) < 4.78 is 5.65. The van der Waals surface area contributed by atoms with Crippen molar-refractivity contribution < 1.29 is 4.74 Å². The van der Waals surface area contributed by atoms with Crippen molar-refractivity contribution in [3.05, 3.63) is 0 Å². The average molecular weight is 226 g/mol. The van der Waals surface area contributed by atoms with E-state index in [0.29, 0.717) is 6.04 Å². The van der Waals surface area contributed by atoms with Gasteiger partial charge < -0.3 is 10.5 Å². The third-order valence-corrected chi connectivity index (χ3v) is 4.59. The van der Waals surface area contributed by atoms with Gasteiger partial charge in [-0.1, -0.05) is 6.42 Å². The molecule has 3 heteroatoms. The predicted octanol–water partition coefficient (Wildman–Crippen LogP) is 1.61. The number of nitrogens with zero attached hydrogens (tertiary/aromatic N) is 1. The summed E-state index contributed by atoms with van der Waals surface area (Å²) in [4.78, 5) is 2.58. The Morgan fingerprint density at radius 3 is 2.69 bits per heavy atom. The lowest BCUT2D eigenvalue weighted by molar-refractivity contribution is -0.0706. The summed E-state index contributed by atoms with van der Waals surface area (Å²) in [6.45, 7) is 5.30. The third kappa shape index (κ3) is 2.41. The van der Waals surface area contributed by atoms with Gasteiger partial charge in [0, 0.05) is 26.2 Å². The molecule has 0 radical (unpaired) electrons. The van der Waals surface area contributed by atoms with Crippen molar-refractivity contribution >= 4 is 0 Å². The first-order valence-corrected chi connectivity index (χ1v) is 6.68. The first-order valence-electron chi connectivity index (χ1n) is 6.68. The summed E-state index contributed by atoms with van der Waals surface area (Å²) in [7, 11) is 1.84. The number of ether oxygens (including phenoxy) is 1. The predicted molar refractivity (Wildman–Crippen MR) is 66.4 cm³/mol. The molecule has 2 aliphatic rings. The van der Waals surface area contributed by atoms with Crippen LogP contribution in [0.1, 0.15) is 39.0 Å². The Morgan fingerprint density at radius 2 is 2.19 bits per heavy atom. The van der Waals surface area contributed by atoms with E-state index >= 15 is 0 Å². The molecule has 2 N–H and O–H groups in total. The molecule has 2 unspecified atom stereocenters. The maximum absolute atomic E-state index is 5.96. The first kappa shape index (κ1) is 12.3. The van der Waals surface area contributed by atoms with Crippen LogP contribution in [0, 0.1) is 5.92 Å². The van der Waals surface area contributed by atoms with Gasteiger partial charge >= 0.3 is 0 Å². The first-order chi connectivity index (χ1) is 7.68. The maximum atomic E-state index is 5.96. The van der Waals surface area contributed by atoms with Crippen molar-refractivity contribution in [1.82, 2.24) is 4.90 Å². The minimum Gasteiger partial charge on any atom is -0.377 e. The molecule has 1 aliphatic heterocycles. The molecule has 94 valence electrons. The van der Waals surface area contributed by atoms with Gasteiger partial charge in [0.05, 0.1) is 5.60 Å². The Balaban J connectivity index is 1.96. The highest BCUT2D eigenvalue weighted by molar-refractivity contribution is 4.92. The Kier molecular flexibility index (Phi) is 3.88. The highest BCUT2D eigenvalue weighted by Crippen LogP contribution is 2.34. The van der Waals surface area contributed by atoms with Crippen LogP contribution in [0.15, 0.2) is 0 Å². The third-order valence-electron chi connectivity index (χ3n) is 4.59. The summed E-state index contributed by atoms with van der Waals surface area (Å²) in [6, 6.07) is 0.600. The molecule has 2 rings (SSSR count). The summed E-state index contributed by atoms with van der Waals surface area (Å²) in [5.41, 5.74) is 6.01. The monoisotopic (exact) mass is 226 g/mol. The summed E-state index contributed by atoms with van der Waals surface area (Å²) >= 11 is 0. The molecule has 0 aromatic carbocycles. The van der Waals surface area contributed by atoms with Crippen molar-refractivity contribution in [2.75, 3.05) is 26.7 Å². The molecule has 2 fully saturated rings. The van der Waals surface area contributed by atoms with E-state index in [2.05, 4.69) is 11.8 Å². The molecule has 0 amide bonds. The number of rotatable bonds is 4. The molecular formula is C13H26N2O. The normalized spacial score (nSPS) is 34.7. The van der Waals surface area contributed by atoms with Crippen LogP contribution in [-0.2, 0) is 4.74 Å². The van der Waals surface area contributed by atoms with E-state index in [9.17, 15) is 0 Å². The summed E-state index contributed by atoms with van der Waals surface area (Å²) in [5, 5.41) is 0. The van der Waals surface area contributed by atoms with E-state index in [4.69, 9.17) is 10.5 Å². The maximum Gasteiger partial charge on any atom is 0.0777 e. The van der Waals surface area contributed by atoms with Gasteiger partial charge in [-0.05, 0) is 45.1 Å². The Labute approximate surface area is 99.3 Å². The van der Waals surface area contributed by atoms with E-state index < -0.39 is 0 Å². The number of methoxy groups -OCH3 is 1. The van der Waals surface area contributed by atoms with Gasteiger partial charge in [0.1, 0.15) is 0 Å². The second-order valence-electron chi connectivity index (χ2n) is 5.72. The second kappa shape index (κ2) is 5.03. The fraction of sp³-hybridized carbons (Fsp3) is 1.00. The molecule has 0 aromatic heterocycles. The molecule has 1 heterocycles. The van der Waals surface area contributed by atoms with Gasteiger partial charge in [-0.25, -0.2) is 0 Å². The number of hydrogen-bond donors (Lipinski definition) is 1. The number of piperidine rings is 1. The highest BCUT2D eigenvalue weighted by atomic mass is 16.5. The summed E-state index contributed by atoms with van der Waals surface area (Å²) in [5.74, 6) is 0.851. The topological polar surface area (TPSA) is 38.5 Å². The van der Waals surface area contributed by atoms with Crippen LogP contribution in [0.25, 0.3) is 0 Å². The molecule has 1 saturated heterocycles. The van der Waals surface area contributed by atoms with Crippen LogP contribution in [0.3, 0.4) is 0 Å². The van der Waals surface area contributed by atoms with E-state index in [-0.39, 0.29) is 5.60 Å². The van der Waals surface area contributed by atoms with E-state index in [1.54, 1.807) is 0 Å². The van der Waals surface area contributed by atoms with Crippen LogP contribution >= 0.6 is 0 Å². The van der Waals surface area contributed by atoms with Gasteiger partial charge in [0.2, 0.25) is 0 Å². The van der Waals surface area contributed by atoms with Gasteiger partial charge in [0.25, 0.3) is 0 Å². The zero-order valence-corrected chi connectivity index (χ0v) is 10.7. The van der Waals surface area contributed by atoms with Gasteiger partial charge in [0.15, 0.2) is 0 Å². The molecule has 0 spiro atoms. The molecular weight excluding hydrogens is 200 g/mol. The van der Waals surface area contributed by atoms with Crippen LogP contribution in [0.5, 0.6) is 0 Å². The van der Waals surface area contributed by atoms with E-state index in [1.807, 2.05) is 7.11 Å². The zero-order valence-electron chi connectivity index (χ0n) is 10.7. The largest absolute Gasteiger partial charge is 0.377 e. The Morgan fingerprint density at radius 1 is 1.44 bits per heavy atom. The van der Waals surface area contributed by atoms with Crippen LogP contribution in [-0.4, -0.2) is 43.3 Å². The fourth-order valence-corrected chi connectivity index (χ4v) is 3.16. The molecule has 3 nitrogen and oxygen atoms in total. The Hall–Kier alpha value is -0.120. The lowest BCUT2D eigenvalue weighted by Gasteiger charge is -2.47. The number of hydrogen-bond acceptors (Lipinski definition) is 3. The molecule has 1 aliphatic carbocycles. The van der Waals surface area contributed by atoms with Crippen molar-refractivity contribution in [3.63, 3.8) is 0 Å². The lowest BCUT2D eigenvalue weighted by atomic mass is 9.78. The van der Waals surface area contributed by atoms with Crippen LogP contribution in [0.4, 0.5) is 0 Å². The number of likely N-dealkylation sites (tertiary alicyclic amines) is 1. The smallest absolute Gasteiger partial charge is 0.0777 e. The molecule has 1 saturated carbocycles. The minimum absolute atomic E-state index is 0.0510. The molecule has 0 bridgehead atoms. The van der Waals surface area contributed by atoms with Gasteiger partial charge in [-0.3, -0.25) is 4.90 Å². The van der Waals surface area contributed by atoms with Crippen molar-refractivity contribution in [2.45, 2.75) is 50.7 Å². The molecule has 16 heavy (non-hydrogen) atoms. The molecule has 2 atom stereocenters. The lowest BCUT2D eigenvalue weighted by Crippen LogP contribution is -2.56. The highest BCUT2D eigenvalue weighted by Gasteiger charge is 2.37. The second-order valence-corrected chi connectivity index (χ2v) is 5.72. The van der Waals surface area contributed by atoms with Gasteiger partial charge in [-0.15, -0.1) is 0 Å². The SMILES string of the molecule is COC1(C)CCCN(C(CN)C2CCC2)C1. The van der Waals surface area contributed by atoms with E-state index in [1.165, 1.54) is 38.6 Å². The van der Waals surface area contributed by atoms with Crippen LogP contribution < -0.4 is 5.73 Å². The summed E-state index contributed by atoms with van der Waals surface area (Å²) in [6.07, 6.45) is 6.58. The number of nitrogens with two attached hydrogens (primary N) is 1. The Bertz CT molecular complexity index is 230. The quantitative estimate of drug-likeness (QED) is 0.791. The fourth-order valence-electron chi connectivity index (χ4n) is 3.16. The van der Waals surface area contributed by atoms with Crippen molar-refractivity contribution in [2.24, 2.45) is 11.7 Å². The standard InChI is InChI=1S/C13H26N2O/c1-13(16-2)7-4-8-15(10-13)12(9-14)11-5-3-6-11/h11-12H,3-10,14H2,1-2H3. The van der Waals surface area contributed by atoms with Crippen LogP contribution in [0.2, 0.25) is 0 Å². The van der Waals surface area contributed by atoms with E-state index in [0.717, 1.165) is 19.0 Å².